The van der Waals surface area contributed by atoms with Gasteiger partial charge in [-0.25, -0.2) is 9.18 Å². The lowest BCUT2D eigenvalue weighted by Gasteiger charge is -2.41. The Bertz CT molecular complexity index is 500. The number of aliphatic hydroxyl groups excluding tert-OH is 1. The van der Waals surface area contributed by atoms with E-state index in [4.69, 9.17) is 0 Å². The van der Waals surface area contributed by atoms with E-state index in [1.165, 1.54) is 12.1 Å². The summed E-state index contributed by atoms with van der Waals surface area (Å²) in [4.78, 5) is 13.9. The summed E-state index contributed by atoms with van der Waals surface area (Å²) >= 11 is 0. The molecule has 2 atom stereocenters. The number of rotatable bonds is 2. The number of benzene rings is 1. The SMILES string of the molecule is O=C(N[C@@H]1CCCC[C@H]1O)N1CC(c2ccc(F)cc2)C1. The molecule has 2 amide bonds. The van der Waals surface area contributed by atoms with Crippen LogP contribution < -0.4 is 5.32 Å². The Morgan fingerprint density at radius 1 is 1.19 bits per heavy atom. The van der Waals surface area contributed by atoms with Crippen LogP contribution in [0.1, 0.15) is 37.2 Å². The van der Waals surface area contributed by atoms with Gasteiger partial charge in [0.1, 0.15) is 5.82 Å². The Morgan fingerprint density at radius 2 is 1.86 bits per heavy atom. The quantitative estimate of drug-likeness (QED) is 0.878. The van der Waals surface area contributed by atoms with Crippen LogP contribution in [0.5, 0.6) is 0 Å². The maximum Gasteiger partial charge on any atom is 0.317 e. The number of carbonyl (C=O) groups is 1. The van der Waals surface area contributed by atoms with Crippen molar-refractivity contribution in [3.8, 4) is 0 Å². The fourth-order valence-electron chi connectivity index (χ4n) is 3.12. The highest BCUT2D eigenvalue weighted by atomic mass is 19.1. The number of nitrogens with zero attached hydrogens (tertiary/aromatic N) is 1. The standard InChI is InChI=1S/C16H21FN2O2/c17-13-7-5-11(6-8-13)12-9-19(10-12)16(21)18-14-3-1-2-4-15(14)20/h5-8,12,14-15,20H,1-4,9-10H2,(H,18,21)/t14-,15-/m1/s1. The maximum atomic E-state index is 12.9. The third-order valence-corrected chi connectivity index (χ3v) is 4.55. The van der Waals surface area contributed by atoms with Crippen molar-refractivity contribution in [3.05, 3.63) is 35.6 Å². The summed E-state index contributed by atoms with van der Waals surface area (Å²) in [5.74, 6) is 0.0478. The van der Waals surface area contributed by atoms with E-state index in [2.05, 4.69) is 5.32 Å². The molecule has 3 rings (SSSR count). The highest BCUT2D eigenvalue weighted by Crippen LogP contribution is 2.27. The van der Waals surface area contributed by atoms with E-state index in [1.54, 1.807) is 17.0 Å². The Hall–Kier alpha value is -1.62. The average Bonchev–Trinajstić information content (AvgIpc) is 2.42. The molecule has 0 aromatic heterocycles. The first kappa shape index (κ1) is 14.3. The van der Waals surface area contributed by atoms with E-state index in [0.29, 0.717) is 13.1 Å². The molecule has 2 fully saturated rings. The molecule has 0 spiro atoms. The van der Waals surface area contributed by atoms with Crippen LogP contribution >= 0.6 is 0 Å². The van der Waals surface area contributed by atoms with Gasteiger partial charge in [0.2, 0.25) is 0 Å². The first-order valence-corrected chi connectivity index (χ1v) is 7.62. The van der Waals surface area contributed by atoms with Gasteiger partial charge in [-0.05, 0) is 30.5 Å². The van der Waals surface area contributed by atoms with Gasteiger partial charge in [-0.15, -0.1) is 0 Å². The molecule has 1 aromatic rings. The summed E-state index contributed by atoms with van der Waals surface area (Å²) in [6, 6.07) is 6.25. The van der Waals surface area contributed by atoms with Crippen LogP contribution in [0.15, 0.2) is 24.3 Å². The number of hydrogen-bond acceptors (Lipinski definition) is 2. The minimum absolute atomic E-state index is 0.0979. The van der Waals surface area contributed by atoms with E-state index in [1.807, 2.05) is 0 Å². The summed E-state index contributed by atoms with van der Waals surface area (Å²) < 4.78 is 12.9. The van der Waals surface area contributed by atoms with Crippen LogP contribution in [0.2, 0.25) is 0 Å². The summed E-state index contributed by atoms with van der Waals surface area (Å²) in [5, 5.41) is 12.8. The van der Waals surface area contributed by atoms with E-state index in [0.717, 1.165) is 31.2 Å². The number of aliphatic hydroxyl groups is 1. The molecule has 2 N–H and O–H groups in total. The molecular formula is C16H21FN2O2. The van der Waals surface area contributed by atoms with Crippen LogP contribution in [0.3, 0.4) is 0 Å². The fraction of sp³-hybridized carbons (Fsp3) is 0.562. The molecule has 0 radical (unpaired) electrons. The second kappa shape index (κ2) is 6.02. The molecule has 1 aliphatic heterocycles. The largest absolute Gasteiger partial charge is 0.391 e. The zero-order chi connectivity index (χ0) is 14.8. The maximum absolute atomic E-state index is 12.9. The average molecular weight is 292 g/mol. The van der Waals surface area contributed by atoms with Crippen molar-refractivity contribution in [1.82, 2.24) is 10.2 Å². The topological polar surface area (TPSA) is 52.6 Å². The number of likely N-dealkylation sites (tertiary alicyclic amines) is 1. The first-order valence-electron chi connectivity index (χ1n) is 7.62. The summed E-state index contributed by atoms with van der Waals surface area (Å²) in [6.45, 7) is 1.31. The molecule has 1 aromatic carbocycles. The van der Waals surface area contributed by atoms with Crippen molar-refractivity contribution >= 4 is 6.03 Å². The summed E-state index contributed by atoms with van der Waals surface area (Å²) in [6.07, 6.45) is 3.28. The molecule has 4 nitrogen and oxygen atoms in total. The molecule has 21 heavy (non-hydrogen) atoms. The van der Waals surface area contributed by atoms with E-state index in [9.17, 15) is 14.3 Å². The van der Waals surface area contributed by atoms with Gasteiger partial charge in [0.25, 0.3) is 0 Å². The van der Waals surface area contributed by atoms with Gasteiger partial charge in [0.05, 0.1) is 12.1 Å². The summed E-state index contributed by atoms with van der Waals surface area (Å²) in [5.41, 5.74) is 1.07. The molecule has 1 saturated heterocycles. The smallest absolute Gasteiger partial charge is 0.317 e. The van der Waals surface area contributed by atoms with Gasteiger partial charge >= 0.3 is 6.03 Å². The van der Waals surface area contributed by atoms with Crippen molar-refractivity contribution in [1.29, 1.82) is 0 Å². The lowest BCUT2D eigenvalue weighted by Crippen LogP contribution is -2.56. The van der Waals surface area contributed by atoms with Gasteiger partial charge in [0.15, 0.2) is 0 Å². The highest BCUT2D eigenvalue weighted by molar-refractivity contribution is 5.75. The predicted molar refractivity (Wildman–Crippen MR) is 77.5 cm³/mol. The van der Waals surface area contributed by atoms with Crippen molar-refractivity contribution in [2.24, 2.45) is 0 Å². The van der Waals surface area contributed by atoms with Crippen LogP contribution in [0.25, 0.3) is 0 Å². The van der Waals surface area contributed by atoms with Gasteiger partial charge in [-0.2, -0.15) is 0 Å². The third kappa shape index (κ3) is 3.18. The lowest BCUT2D eigenvalue weighted by atomic mass is 9.91. The predicted octanol–water partition coefficient (Wildman–Crippen LogP) is 2.24. The lowest BCUT2D eigenvalue weighted by molar-refractivity contribution is 0.0839. The van der Waals surface area contributed by atoms with Crippen molar-refractivity contribution in [3.63, 3.8) is 0 Å². The Morgan fingerprint density at radius 3 is 2.52 bits per heavy atom. The van der Waals surface area contributed by atoms with Crippen molar-refractivity contribution < 1.29 is 14.3 Å². The van der Waals surface area contributed by atoms with Crippen LogP contribution in [-0.2, 0) is 0 Å². The highest BCUT2D eigenvalue weighted by Gasteiger charge is 2.34. The van der Waals surface area contributed by atoms with Gasteiger partial charge in [-0.1, -0.05) is 25.0 Å². The molecule has 2 aliphatic rings. The minimum atomic E-state index is -0.420. The van der Waals surface area contributed by atoms with E-state index in [-0.39, 0.29) is 23.8 Å². The zero-order valence-electron chi connectivity index (χ0n) is 12.0. The number of amides is 2. The normalized spacial score (nSPS) is 26.3. The Labute approximate surface area is 124 Å². The number of carbonyl (C=O) groups excluding carboxylic acids is 1. The third-order valence-electron chi connectivity index (χ3n) is 4.55. The zero-order valence-corrected chi connectivity index (χ0v) is 12.0. The van der Waals surface area contributed by atoms with Crippen LogP contribution in [0, 0.1) is 5.82 Å². The molecule has 1 aliphatic carbocycles. The second-order valence-corrected chi connectivity index (χ2v) is 6.06. The van der Waals surface area contributed by atoms with Crippen LogP contribution in [-0.4, -0.2) is 41.3 Å². The second-order valence-electron chi connectivity index (χ2n) is 6.06. The first-order chi connectivity index (χ1) is 10.1. The minimum Gasteiger partial charge on any atom is -0.391 e. The number of hydrogen-bond donors (Lipinski definition) is 2. The summed E-state index contributed by atoms with van der Waals surface area (Å²) in [7, 11) is 0. The molecule has 0 unspecified atom stereocenters. The Kier molecular flexibility index (Phi) is 4.10. The van der Waals surface area contributed by atoms with Gasteiger partial charge in [0, 0.05) is 19.0 Å². The monoisotopic (exact) mass is 292 g/mol. The van der Waals surface area contributed by atoms with E-state index < -0.39 is 6.10 Å². The Balaban J connectivity index is 1.49. The molecule has 114 valence electrons. The van der Waals surface area contributed by atoms with E-state index >= 15 is 0 Å². The molecule has 1 heterocycles. The fourth-order valence-corrected chi connectivity index (χ4v) is 3.12. The number of halogens is 1. The van der Waals surface area contributed by atoms with Crippen LogP contribution in [0.4, 0.5) is 9.18 Å². The van der Waals surface area contributed by atoms with Crippen molar-refractivity contribution in [2.45, 2.75) is 43.7 Å². The molecule has 5 heteroatoms. The van der Waals surface area contributed by atoms with Crippen molar-refractivity contribution in [2.75, 3.05) is 13.1 Å². The molecule has 1 saturated carbocycles. The van der Waals surface area contributed by atoms with Gasteiger partial charge < -0.3 is 15.3 Å². The van der Waals surface area contributed by atoms with Gasteiger partial charge in [-0.3, -0.25) is 0 Å². The molecule has 0 bridgehead atoms. The molecular weight excluding hydrogens is 271 g/mol. The number of nitrogens with one attached hydrogen (secondary N) is 1. The number of urea groups is 1.